The number of sulfonamides is 1. The number of benzene rings is 2. The monoisotopic (exact) mass is 455 g/mol. The Labute approximate surface area is 188 Å². The van der Waals surface area contributed by atoms with Gasteiger partial charge in [-0.05, 0) is 55.3 Å². The number of rotatable bonds is 8. The number of carbonyl (C=O) groups excluding carboxylic acids is 2. The predicted molar refractivity (Wildman–Crippen MR) is 117 cm³/mol. The molecule has 0 spiro atoms. The average Bonchev–Trinajstić information content (AvgIpc) is 2.82. The van der Waals surface area contributed by atoms with Crippen molar-refractivity contribution in [2.75, 3.05) is 32.8 Å². The summed E-state index contributed by atoms with van der Waals surface area (Å²) in [6.45, 7) is 2.38. The van der Waals surface area contributed by atoms with Crippen molar-refractivity contribution in [3.63, 3.8) is 0 Å². The molecule has 0 aromatic heterocycles. The van der Waals surface area contributed by atoms with Crippen molar-refractivity contribution in [2.45, 2.75) is 24.7 Å². The number of aryl methyl sites for hydroxylation is 1. The fourth-order valence-corrected chi connectivity index (χ4v) is 4.76. The van der Waals surface area contributed by atoms with Crippen LogP contribution in [0.1, 0.15) is 24.5 Å². The minimum absolute atomic E-state index is 0.130. The van der Waals surface area contributed by atoms with Crippen molar-refractivity contribution in [3.8, 4) is 11.8 Å². The van der Waals surface area contributed by atoms with Gasteiger partial charge in [0, 0.05) is 32.6 Å². The number of hydrogen-bond donors (Lipinski definition) is 0. The van der Waals surface area contributed by atoms with E-state index in [4.69, 9.17) is 10.00 Å². The second-order valence-corrected chi connectivity index (χ2v) is 9.49. The number of nitrogens with zero attached hydrogens (tertiary/aromatic N) is 3. The van der Waals surface area contributed by atoms with Gasteiger partial charge in [0.1, 0.15) is 11.5 Å². The zero-order chi connectivity index (χ0) is 23.1. The number of piperazine rings is 1. The van der Waals surface area contributed by atoms with Gasteiger partial charge in [-0.2, -0.15) is 9.57 Å². The van der Waals surface area contributed by atoms with Crippen LogP contribution in [-0.4, -0.2) is 62.1 Å². The van der Waals surface area contributed by atoms with E-state index in [-0.39, 0.29) is 49.4 Å². The van der Waals surface area contributed by atoms with Crippen molar-refractivity contribution in [1.29, 1.82) is 5.26 Å². The number of nitriles is 1. The number of Topliss-reactive ketones (excluding diaryl/α,β-unsaturated/α-hetero) is 1. The maximum Gasteiger partial charge on any atom is 0.260 e. The quantitative estimate of drug-likeness (QED) is 0.602. The van der Waals surface area contributed by atoms with Crippen molar-refractivity contribution in [1.82, 2.24) is 9.21 Å². The third-order valence-corrected chi connectivity index (χ3v) is 7.18. The molecule has 1 heterocycles. The van der Waals surface area contributed by atoms with Gasteiger partial charge in [0.2, 0.25) is 10.0 Å². The van der Waals surface area contributed by atoms with Crippen LogP contribution in [0.5, 0.6) is 5.75 Å². The van der Waals surface area contributed by atoms with E-state index in [1.165, 1.54) is 28.6 Å². The molecular formula is C23H25N3O5S. The Hall–Kier alpha value is -3.22. The van der Waals surface area contributed by atoms with Gasteiger partial charge in [-0.3, -0.25) is 4.79 Å². The smallest absolute Gasteiger partial charge is 0.260 e. The average molecular weight is 456 g/mol. The van der Waals surface area contributed by atoms with E-state index in [0.717, 1.165) is 5.56 Å². The van der Waals surface area contributed by atoms with E-state index in [9.17, 15) is 18.0 Å². The molecule has 0 saturated carbocycles. The summed E-state index contributed by atoms with van der Waals surface area (Å²) in [5.41, 5.74) is 1.42. The molecule has 1 aliphatic heterocycles. The van der Waals surface area contributed by atoms with E-state index in [1.54, 1.807) is 24.0 Å². The van der Waals surface area contributed by atoms with E-state index >= 15 is 0 Å². The third-order valence-electron chi connectivity index (χ3n) is 5.26. The summed E-state index contributed by atoms with van der Waals surface area (Å²) in [6, 6.07) is 15.0. The Kier molecular flexibility index (Phi) is 7.62. The molecule has 2 aromatic carbocycles. The molecule has 1 fully saturated rings. The number of ketones is 1. The number of ether oxygens (including phenoxy) is 1. The molecule has 3 rings (SSSR count). The first-order valence-electron chi connectivity index (χ1n) is 10.3. The lowest BCUT2D eigenvalue weighted by molar-refractivity contribution is -0.134. The maximum absolute atomic E-state index is 12.8. The minimum Gasteiger partial charge on any atom is -0.484 e. The SMILES string of the molecule is CC(=O)CCc1ccc(OCC(=O)N2CCN(S(=O)(=O)c3ccc(C#N)cc3)CC2)cc1. The molecule has 1 saturated heterocycles. The van der Waals surface area contributed by atoms with Crippen LogP contribution < -0.4 is 4.74 Å². The lowest BCUT2D eigenvalue weighted by Crippen LogP contribution is -2.51. The van der Waals surface area contributed by atoms with Gasteiger partial charge in [-0.25, -0.2) is 8.42 Å². The van der Waals surface area contributed by atoms with Gasteiger partial charge in [0.15, 0.2) is 6.61 Å². The summed E-state index contributed by atoms with van der Waals surface area (Å²) in [5, 5.41) is 8.86. The van der Waals surface area contributed by atoms with Gasteiger partial charge >= 0.3 is 0 Å². The zero-order valence-electron chi connectivity index (χ0n) is 17.9. The number of hydrogen-bond acceptors (Lipinski definition) is 6. The Morgan fingerprint density at radius 2 is 1.62 bits per heavy atom. The normalized spacial score (nSPS) is 14.6. The molecule has 2 aromatic rings. The number of carbonyl (C=O) groups is 2. The Balaban J connectivity index is 1.48. The van der Waals surface area contributed by atoms with Gasteiger partial charge in [-0.1, -0.05) is 12.1 Å². The molecule has 168 valence electrons. The lowest BCUT2D eigenvalue weighted by Gasteiger charge is -2.34. The van der Waals surface area contributed by atoms with Crippen LogP contribution in [-0.2, 0) is 26.0 Å². The molecule has 8 nitrogen and oxygen atoms in total. The second-order valence-electron chi connectivity index (χ2n) is 7.56. The molecule has 0 N–H and O–H groups in total. The summed E-state index contributed by atoms with van der Waals surface area (Å²) >= 11 is 0. The van der Waals surface area contributed by atoms with Crippen LogP contribution in [0.3, 0.4) is 0 Å². The summed E-state index contributed by atoms with van der Waals surface area (Å²) in [7, 11) is -3.67. The van der Waals surface area contributed by atoms with Crippen molar-refractivity contribution in [2.24, 2.45) is 0 Å². The minimum atomic E-state index is -3.67. The molecule has 0 atom stereocenters. The molecule has 9 heteroatoms. The topological polar surface area (TPSA) is 108 Å². The van der Waals surface area contributed by atoms with Gasteiger partial charge < -0.3 is 14.4 Å². The predicted octanol–water partition coefficient (Wildman–Crippen LogP) is 1.99. The van der Waals surface area contributed by atoms with Gasteiger partial charge in [0.05, 0.1) is 16.5 Å². The van der Waals surface area contributed by atoms with Crippen molar-refractivity contribution in [3.05, 3.63) is 59.7 Å². The zero-order valence-corrected chi connectivity index (χ0v) is 18.7. The molecule has 0 radical (unpaired) electrons. The van der Waals surface area contributed by atoms with Crippen molar-refractivity contribution < 1.29 is 22.7 Å². The van der Waals surface area contributed by atoms with Crippen LogP contribution >= 0.6 is 0 Å². The largest absolute Gasteiger partial charge is 0.484 e. The van der Waals surface area contributed by atoms with E-state index in [1.807, 2.05) is 18.2 Å². The highest BCUT2D eigenvalue weighted by Crippen LogP contribution is 2.19. The lowest BCUT2D eigenvalue weighted by atomic mass is 10.1. The van der Waals surface area contributed by atoms with Crippen LogP contribution in [0.4, 0.5) is 0 Å². The van der Waals surface area contributed by atoms with Crippen molar-refractivity contribution >= 4 is 21.7 Å². The highest BCUT2D eigenvalue weighted by molar-refractivity contribution is 7.89. The standard InChI is InChI=1S/C23H25N3O5S/c1-18(27)2-3-19-4-8-21(9-5-19)31-17-23(28)25-12-14-26(15-13-25)32(29,30)22-10-6-20(16-24)7-11-22/h4-11H,2-3,12-15,17H2,1H3. The first kappa shape index (κ1) is 23.4. The summed E-state index contributed by atoms with van der Waals surface area (Å²) in [6.07, 6.45) is 1.16. The summed E-state index contributed by atoms with van der Waals surface area (Å²) < 4.78 is 32.5. The van der Waals surface area contributed by atoms with Gasteiger partial charge in [0.25, 0.3) is 5.91 Å². The third kappa shape index (κ3) is 5.93. The summed E-state index contributed by atoms with van der Waals surface area (Å²) in [4.78, 5) is 25.3. The van der Waals surface area contributed by atoms with E-state index in [0.29, 0.717) is 24.2 Å². The van der Waals surface area contributed by atoms with Gasteiger partial charge in [-0.15, -0.1) is 0 Å². The molecule has 32 heavy (non-hydrogen) atoms. The first-order chi connectivity index (χ1) is 15.3. The van der Waals surface area contributed by atoms with Crippen LogP contribution in [0.2, 0.25) is 0 Å². The molecule has 0 unspecified atom stereocenters. The Morgan fingerprint density at radius 1 is 1.00 bits per heavy atom. The highest BCUT2D eigenvalue weighted by atomic mass is 32.2. The Morgan fingerprint density at radius 3 is 2.19 bits per heavy atom. The second kappa shape index (κ2) is 10.4. The molecule has 0 bridgehead atoms. The maximum atomic E-state index is 12.8. The fourth-order valence-electron chi connectivity index (χ4n) is 3.34. The highest BCUT2D eigenvalue weighted by Gasteiger charge is 2.30. The number of amides is 1. The van der Waals surface area contributed by atoms with Crippen LogP contribution in [0, 0.1) is 11.3 Å². The first-order valence-corrected chi connectivity index (χ1v) is 11.7. The molecule has 1 amide bonds. The Bertz CT molecular complexity index is 1100. The van der Waals surface area contributed by atoms with Crippen LogP contribution in [0.25, 0.3) is 0 Å². The molecule has 0 aliphatic carbocycles. The fraction of sp³-hybridized carbons (Fsp3) is 0.348. The molecular weight excluding hydrogens is 430 g/mol. The van der Waals surface area contributed by atoms with Crippen LogP contribution in [0.15, 0.2) is 53.4 Å². The van der Waals surface area contributed by atoms with E-state index < -0.39 is 10.0 Å². The van der Waals surface area contributed by atoms with E-state index in [2.05, 4.69) is 0 Å². The summed E-state index contributed by atoms with van der Waals surface area (Å²) in [5.74, 6) is 0.494. The molecule has 1 aliphatic rings.